The van der Waals surface area contributed by atoms with Crippen LogP contribution in [0.15, 0.2) is 60.7 Å². The molecule has 6 rings (SSSR count). The Morgan fingerprint density at radius 2 is 1.83 bits per heavy atom. The van der Waals surface area contributed by atoms with Crippen molar-refractivity contribution in [1.29, 1.82) is 0 Å². The van der Waals surface area contributed by atoms with E-state index in [9.17, 15) is 4.79 Å². The van der Waals surface area contributed by atoms with Crippen molar-refractivity contribution in [3.8, 4) is 17.0 Å². The second-order valence-corrected chi connectivity index (χ2v) is 9.10. The minimum atomic E-state index is 0.0251. The molecule has 0 bridgehead atoms. The number of rotatable bonds is 3. The van der Waals surface area contributed by atoms with E-state index in [2.05, 4.69) is 78.2 Å². The molecule has 0 unspecified atom stereocenters. The van der Waals surface area contributed by atoms with E-state index in [1.165, 1.54) is 32.9 Å². The van der Waals surface area contributed by atoms with Gasteiger partial charge in [-0.3, -0.25) is 4.79 Å². The number of benzene rings is 3. The van der Waals surface area contributed by atoms with Gasteiger partial charge < -0.3 is 19.3 Å². The maximum Gasteiger partial charge on any atom is 0.246 e. The SMILES string of the molecule is COc1cc2c3c([n+](C)c4ccccc4c3c1)-c1ccc(C=CC(=O)N3CCOCC3)cc1N2C. The van der Waals surface area contributed by atoms with Crippen molar-refractivity contribution >= 4 is 45.0 Å². The van der Waals surface area contributed by atoms with E-state index in [1.807, 2.05) is 11.0 Å². The number of aromatic nitrogens is 1. The van der Waals surface area contributed by atoms with Crippen molar-refractivity contribution in [2.45, 2.75) is 0 Å². The number of amides is 1. The zero-order valence-corrected chi connectivity index (χ0v) is 20.2. The van der Waals surface area contributed by atoms with E-state index in [0.29, 0.717) is 26.3 Å². The molecule has 2 aliphatic heterocycles. The highest BCUT2D eigenvalue weighted by Crippen LogP contribution is 2.48. The lowest BCUT2D eigenvalue weighted by Crippen LogP contribution is -2.39. The summed E-state index contributed by atoms with van der Waals surface area (Å²) in [4.78, 5) is 16.7. The normalized spacial score (nSPS) is 15.2. The lowest BCUT2D eigenvalue weighted by Gasteiger charge is -2.29. The molecule has 3 aromatic carbocycles. The molecular weight excluding hydrogens is 438 g/mol. The van der Waals surface area contributed by atoms with Gasteiger partial charge in [0.05, 0.1) is 48.0 Å². The number of ether oxygens (including phenoxy) is 2. The summed E-state index contributed by atoms with van der Waals surface area (Å²) < 4.78 is 13.3. The smallest absolute Gasteiger partial charge is 0.246 e. The number of methoxy groups -OCH3 is 1. The number of aryl methyl sites for hydroxylation is 1. The van der Waals surface area contributed by atoms with Gasteiger partial charge in [-0.05, 0) is 35.9 Å². The lowest BCUT2D eigenvalue weighted by molar-refractivity contribution is -0.632. The van der Waals surface area contributed by atoms with Crippen LogP contribution in [0.1, 0.15) is 5.56 Å². The fraction of sp³-hybridized carbons (Fsp3) is 0.241. The van der Waals surface area contributed by atoms with Gasteiger partial charge in [0.25, 0.3) is 0 Å². The molecule has 0 atom stereocenters. The highest BCUT2D eigenvalue weighted by Gasteiger charge is 2.32. The largest absolute Gasteiger partial charge is 0.497 e. The molecule has 0 spiro atoms. The van der Waals surface area contributed by atoms with Gasteiger partial charge in [-0.2, -0.15) is 4.57 Å². The van der Waals surface area contributed by atoms with Crippen molar-refractivity contribution in [2.24, 2.45) is 7.05 Å². The molecule has 2 aliphatic rings. The minimum Gasteiger partial charge on any atom is -0.497 e. The van der Waals surface area contributed by atoms with Gasteiger partial charge in [0.15, 0.2) is 0 Å². The third-order valence-corrected chi connectivity index (χ3v) is 7.20. The van der Waals surface area contributed by atoms with Gasteiger partial charge >= 0.3 is 0 Å². The molecular formula is C29H28N3O3+. The Morgan fingerprint density at radius 3 is 2.63 bits per heavy atom. The Morgan fingerprint density at radius 1 is 1.03 bits per heavy atom. The number of hydrogen-bond acceptors (Lipinski definition) is 4. The first kappa shape index (κ1) is 21.6. The average Bonchev–Trinajstić information content (AvgIpc) is 2.91. The Labute approximate surface area is 204 Å². The maximum absolute atomic E-state index is 12.6. The molecule has 1 aromatic heterocycles. The van der Waals surface area contributed by atoms with Crippen LogP contribution in [0.5, 0.6) is 5.75 Å². The number of nitrogens with zero attached hydrogens (tertiary/aromatic N) is 3. The highest BCUT2D eigenvalue weighted by molar-refractivity contribution is 6.17. The summed E-state index contributed by atoms with van der Waals surface area (Å²) in [6, 6.07) is 19.2. The Bertz CT molecular complexity index is 1520. The summed E-state index contributed by atoms with van der Waals surface area (Å²) in [7, 11) is 5.94. The molecule has 6 heteroatoms. The predicted molar refractivity (Wildman–Crippen MR) is 139 cm³/mol. The van der Waals surface area contributed by atoms with Gasteiger partial charge in [0.1, 0.15) is 12.8 Å². The quantitative estimate of drug-likeness (QED) is 0.254. The minimum absolute atomic E-state index is 0.0251. The van der Waals surface area contributed by atoms with E-state index in [-0.39, 0.29) is 5.91 Å². The average molecular weight is 467 g/mol. The molecule has 1 saturated heterocycles. The molecule has 1 fully saturated rings. The molecule has 0 radical (unpaired) electrons. The molecule has 1 amide bonds. The van der Waals surface area contributed by atoms with Crippen molar-refractivity contribution in [2.75, 3.05) is 45.4 Å². The molecule has 0 N–H and O–H groups in total. The molecule has 0 aliphatic carbocycles. The van der Waals surface area contributed by atoms with Crippen LogP contribution in [0.4, 0.5) is 11.4 Å². The van der Waals surface area contributed by atoms with Crippen LogP contribution in [-0.4, -0.2) is 51.3 Å². The highest BCUT2D eigenvalue weighted by atomic mass is 16.5. The summed E-state index contributed by atoms with van der Waals surface area (Å²) >= 11 is 0. The van der Waals surface area contributed by atoms with Crippen LogP contribution < -0.4 is 14.2 Å². The van der Waals surface area contributed by atoms with Crippen molar-refractivity contribution in [3.63, 3.8) is 0 Å². The van der Waals surface area contributed by atoms with E-state index in [4.69, 9.17) is 9.47 Å². The van der Waals surface area contributed by atoms with Gasteiger partial charge in [-0.15, -0.1) is 0 Å². The first-order valence-electron chi connectivity index (χ1n) is 11.9. The molecule has 4 aromatic rings. The van der Waals surface area contributed by atoms with Crippen LogP contribution in [-0.2, 0) is 16.6 Å². The van der Waals surface area contributed by atoms with Gasteiger partial charge in [-0.1, -0.05) is 18.2 Å². The number of carbonyl (C=O) groups excluding carboxylic acids is 1. The van der Waals surface area contributed by atoms with E-state index in [0.717, 1.165) is 22.7 Å². The number of carbonyl (C=O) groups is 1. The number of pyridine rings is 1. The van der Waals surface area contributed by atoms with E-state index < -0.39 is 0 Å². The summed E-state index contributed by atoms with van der Waals surface area (Å²) in [5, 5.41) is 3.60. The maximum atomic E-state index is 12.6. The third-order valence-electron chi connectivity index (χ3n) is 7.20. The fourth-order valence-corrected chi connectivity index (χ4v) is 5.36. The predicted octanol–water partition coefficient (Wildman–Crippen LogP) is 4.45. The van der Waals surface area contributed by atoms with Gasteiger partial charge in [-0.25, -0.2) is 0 Å². The lowest BCUT2D eigenvalue weighted by atomic mass is 9.92. The summed E-state index contributed by atoms with van der Waals surface area (Å²) in [6.07, 6.45) is 3.57. The first-order chi connectivity index (χ1) is 17.1. The Kier molecular flexibility index (Phi) is 5.19. The van der Waals surface area contributed by atoms with Crippen LogP contribution >= 0.6 is 0 Å². The van der Waals surface area contributed by atoms with E-state index >= 15 is 0 Å². The van der Waals surface area contributed by atoms with Crippen LogP contribution in [0.25, 0.3) is 39.0 Å². The monoisotopic (exact) mass is 466 g/mol. The molecule has 0 saturated carbocycles. The number of para-hydroxylation sites is 1. The van der Waals surface area contributed by atoms with Crippen LogP contribution in [0.3, 0.4) is 0 Å². The van der Waals surface area contributed by atoms with Crippen molar-refractivity contribution < 1.29 is 18.8 Å². The van der Waals surface area contributed by atoms with Gasteiger partial charge in [0.2, 0.25) is 17.1 Å². The molecule has 35 heavy (non-hydrogen) atoms. The first-order valence-corrected chi connectivity index (χ1v) is 11.9. The van der Waals surface area contributed by atoms with Crippen LogP contribution in [0.2, 0.25) is 0 Å². The second-order valence-electron chi connectivity index (χ2n) is 9.10. The van der Waals surface area contributed by atoms with Crippen molar-refractivity contribution in [3.05, 3.63) is 66.2 Å². The zero-order valence-electron chi connectivity index (χ0n) is 20.2. The summed E-state index contributed by atoms with van der Waals surface area (Å²) in [5.41, 5.74) is 6.71. The number of hydrogen-bond donors (Lipinski definition) is 0. The zero-order chi connectivity index (χ0) is 24.1. The molecule has 6 nitrogen and oxygen atoms in total. The van der Waals surface area contributed by atoms with E-state index in [1.54, 1.807) is 13.2 Å². The molecule has 176 valence electrons. The number of morpholine rings is 1. The molecule has 3 heterocycles. The standard InChI is InChI=1S/C29H28N3O3/c1-30-25-16-19(9-11-27(33)32-12-14-35-15-13-32)8-10-22(25)29-28-23(17-20(34-3)18-26(28)30)21-6-4-5-7-24(21)31(29)2/h4-11,16-18H,12-15H2,1-3H3/q+1. The number of fused-ring (bicyclic) bond motifs is 4. The van der Waals surface area contributed by atoms with Crippen molar-refractivity contribution in [1.82, 2.24) is 4.90 Å². The van der Waals surface area contributed by atoms with Crippen LogP contribution in [0, 0.1) is 0 Å². The topological polar surface area (TPSA) is 45.9 Å². The third kappa shape index (κ3) is 3.44. The number of anilines is 2. The summed E-state index contributed by atoms with van der Waals surface area (Å²) in [5.74, 6) is 0.858. The Balaban J connectivity index is 1.51. The van der Waals surface area contributed by atoms with Gasteiger partial charge in [0, 0.05) is 43.7 Å². The Hall–Kier alpha value is -3.90. The summed E-state index contributed by atoms with van der Waals surface area (Å²) in [6.45, 7) is 2.49. The fourth-order valence-electron chi connectivity index (χ4n) is 5.36. The second kappa shape index (κ2) is 8.40.